The van der Waals surface area contributed by atoms with E-state index in [-0.39, 0.29) is 10.8 Å². The van der Waals surface area contributed by atoms with Crippen molar-refractivity contribution in [3.8, 4) is 0 Å². The monoisotopic (exact) mass is 204 g/mol. The van der Waals surface area contributed by atoms with E-state index in [9.17, 15) is 4.11 Å². The van der Waals surface area contributed by atoms with Crippen molar-refractivity contribution in [3.63, 3.8) is 0 Å². The summed E-state index contributed by atoms with van der Waals surface area (Å²) in [6.45, 7) is 14.6. The molecule has 0 aliphatic carbocycles. The molecule has 0 heterocycles. The van der Waals surface area contributed by atoms with Gasteiger partial charge in [-0.2, -0.15) is 0 Å². The van der Waals surface area contributed by atoms with Gasteiger partial charge in [0.05, 0.1) is 0 Å². The second kappa shape index (κ2) is 3.72. The van der Waals surface area contributed by atoms with Crippen LogP contribution in [0.25, 0.3) is 0 Å². The molecule has 0 aliphatic heterocycles. The van der Waals surface area contributed by atoms with E-state index in [1.54, 1.807) is 0 Å². The zero-order chi connectivity index (χ0) is 10.9. The van der Waals surface area contributed by atoms with E-state index >= 15 is 0 Å². The predicted octanol–water partition coefficient (Wildman–Crippen LogP) is 4.62. The van der Waals surface area contributed by atoms with Crippen LogP contribution in [0.3, 0.4) is 0 Å². The van der Waals surface area contributed by atoms with E-state index in [1.807, 2.05) is 6.55 Å². The minimum absolute atomic E-state index is 0.140. The Balaban J connectivity index is 4.25. The molecule has 0 aliphatic rings. The van der Waals surface area contributed by atoms with Crippen molar-refractivity contribution >= 4 is 8.41 Å². The smallest absolute Gasteiger partial charge is 0.245 e. The lowest BCUT2D eigenvalue weighted by molar-refractivity contribution is 0.414. The molecule has 2 heteroatoms. The predicted molar refractivity (Wildman–Crippen MR) is 61.3 cm³/mol. The second-order valence-electron chi connectivity index (χ2n) is 6.89. The van der Waals surface area contributed by atoms with Crippen molar-refractivity contribution in [3.05, 3.63) is 0 Å². The minimum Gasteiger partial charge on any atom is -0.314 e. The maximum absolute atomic E-state index is 14.2. The zero-order valence-electron chi connectivity index (χ0n) is 10.3. The summed E-state index contributed by atoms with van der Waals surface area (Å²) in [6, 6.07) is 1.55. The largest absolute Gasteiger partial charge is 0.314 e. The van der Waals surface area contributed by atoms with Crippen molar-refractivity contribution in [2.24, 2.45) is 10.8 Å². The Morgan fingerprint density at radius 3 is 1.23 bits per heavy atom. The van der Waals surface area contributed by atoms with Crippen LogP contribution in [0.2, 0.25) is 18.6 Å². The van der Waals surface area contributed by atoms with Gasteiger partial charge in [-0.1, -0.05) is 41.5 Å². The van der Waals surface area contributed by atoms with Crippen LogP contribution in [0.4, 0.5) is 4.11 Å². The standard InChI is InChI=1S/C11H25FSi/c1-10(2,3)8-13(7,12)9-11(4,5)6/h8-9H2,1-7H3. The van der Waals surface area contributed by atoms with Gasteiger partial charge >= 0.3 is 0 Å². The van der Waals surface area contributed by atoms with E-state index in [0.717, 1.165) is 12.1 Å². The fourth-order valence-corrected chi connectivity index (χ4v) is 6.82. The highest BCUT2D eigenvalue weighted by atomic mass is 28.4. The van der Waals surface area contributed by atoms with Crippen molar-refractivity contribution in [2.75, 3.05) is 0 Å². The van der Waals surface area contributed by atoms with Crippen molar-refractivity contribution in [1.82, 2.24) is 0 Å². The van der Waals surface area contributed by atoms with E-state index in [1.165, 1.54) is 0 Å². The van der Waals surface area contributed by atoms with Crippen LogP contribution in [0.15, 0.2) is 0 Å². The van der Waals surface area contributed by atoms with E-state index in [4.69, 9.17) is 0 Å². The Hall–Kier alpha value is 0.147. The topological polar surface area (TPSA) is 0 Å². The molecule has 13 heavy (non-hydrogen) atoms. The highest BCUT2D eigenvalue weighted by molar-refractivity contribution is 6.72. The third kappa shape index (κ3) is 8.48. The normalized spacial score (nSPS) is 14.8. The highest BCUT2D eigenvalue weighted by Crippen LogP contribution is 2.36. The van der Waals surface area contributed by atoms with Gasteiger partial charge in [0.2, 0.25) is 8.41 Å². The number of rotatable bonds is 2. The lowest BCUT2D eigenvalue weighted by atomic mass is 10.00. The van der Waals surface area contributed by atoms with Crippen molar-refractivity contribution < 1.29 is 4.11 Å². The Morgan fingerprint density at radius 2 is 1.08 bits per heavy atom. The van der Waals surface area contributed by atoms with Gasteiger partial charge in [0.25, 0.3) is 0 Å². The summed E-state index contributed by atoms with van der Waals surface area (Å²) < 4.78 is 14.2. The maximum Gasteiger partial charge on any atom is 0.245 e. The molecule has 0 aromatic rings. The molecule has 0 aromatic heterocycles. The van der Waals surface area contributed by atoms with Gasteiger partial charge in [-0.05, 0) is 29.5 Å². The molecule has 0 fully saturated rings. The number of hydrogen-bond acceptors (Lipinski definition) is 0. The van der Waals surface area contributed by atoms with E-state index in [0.29, 0.717) is 0 Å². The Bertz CT molecular complexity index is 142. The fraction of sp³-hybridized carbons (Fsp3) is 1.00. The van der Waals surface area contributed by atoms with Crippen molar-refractivity contribution in [2.45, 2.75) is 60.2 Å². The van der Waals surface area contributed by atoms with Crippen LogP contribution in [0.5, 0.6) is 0 Å². The van der Waals surface area contributed by atoms with Gasteiger partial charge in [-0.25, -0.2) is 0 Å². The van der Waals surface area contributed by atoms with Crippen LogP contribution >= 0.6 is 0 Å². The third-order valence-corrected chi connectivity index (χ3v) is 5.39. The average molecular weight is 204 g/mol. The van der Waals surface area contributed by atoms with E-state index < -0.39 is 8.41 Å². The zero-order valence-corrected chi connectivity index (χ0v) is 11.3. The molecular formula is C11H25FSi. The molecule has 0 saturated carbocycles. The quantitative estimate of drug-likeness (QED) is 0.455. The molecule has 80 valence electrons. The summed E-state index contributed by atoms with van der Waals surface area (Å²) in [6.07, 6.45) is 0. The molecule has 0 aromatic carbocycles. The number of hydrogen-bond donors (Lipinski definition) is 0. The molecule has 0 nitrogen and oxygen atoms in total. The first-order valence-corrected chi connectivity index (χ1v) is 7.90. The Labute approximate surface area is 84.1 Å². The van der Waals surface area contributed by atoms with Crippen LogP contribution in [-0.4, -0.2) is 8.41 Å². The van der Waals surface area contributed by atoms with Gasteiger partial charge in [0.1, 0.15) is 0 Å². The molecule has 0 radical (unpaired) electrons. The lowest BCUT2D eigenvalue weighted by Gasteiger charge is -2.31. The molecule has 0 saturated heterocycles. The average Bonchev–Trinajstić information content (AvgIpc) is 1.43. The van der Waals surface area contributed by atoms with Gasteiger partial charge in [0, 0.05) is 0 Å². The summed E-state index contributed by atoms with van der Waals surface area (Å²) in [5.41, 5.74) is 0.280. The second-order valence-corrected chi connectivity index (χ2v) is 10.4. The maximum atomic E-state index is 14.2. The molecule has 0 bridgehead atoms. The highest BCUT2D eigenvalue weighted by Gasteiger charge is 2.36. The Kier molecular flexibility index (Phi) is 3.76. The first-order valence-electron chi connectivity index (χ1n) is 5.10. The third-order valence-electron chi connectivity index (χ3n) is 1.80. The summed E-state index contributed by atoms with van der Waals surface area (Å²) >= 11 is 0. The summed E-state index contributed by atoms with van der Waals surface area (Å²) in [7, 11) is -2.47. The molecule has 0 amide bonds. The van der Waals surface area contributed by atoms with Gasteiger partial charge in [-0.15, -0.1) is 0 Å². The molecule has 0 spiro atoms. The molecule has 0 atom stereocenters. The van der Waals surface area contributed by atoms with E-state index in [2.05, 4.69) is 41.5 Å². The van der Waals surface area contributed by atoms with Gasteiger partial charge < -0.3 is 4.11 Å². The Morgan fingerprint density at radius 1 is 0.846 bits per heavy atom. The fourth-order valence-electron chi connectivity index (χ4n) is 2.27. The van der Waals surface area contributed by atoms with Crippen LogP contribution in [0, 0.1) is 10.8 Å². The SMILES string of the molecule is CC(C)(C)C[Si](C)(F)CC(C)(C)C. The molecule has 0 N–H and O–H groups in total. The lowest BCUT2D eigenvalue weighted by Crippen LogP contribution is -2.34. The summed E-state index contributed by atoms with van der Waals surface area (Å²) in [5.74, 6) is 0. The van der Waals surface area contributed by atoms with Crippen LogP contribution < -0.4 is 0 Å². The summed E-state index contributed by atoms with van der Waals surface area (Å²) in [5, 5.41) is 0. The first-order chi connectivity index (χ1) is 5.41. The molecule has 0 rings (SSSR count). The van der Waals surface area contributed by atoms with Gasteiger partial charge in [-0.3, -0.25) is 0 Å². The first kappa shape index (κ1) is 13.1. The molecular weight excluding hydrogens is 179 g/mol. The minimum atomic E-state index is -2.47. The number of halogens is 1. The van der Waals surface area contributed by atoms with Gasteiger partial charge in [0.15, 0.2) is 0 Å². The van der Waals surface area contributed by atoms with Crippen LogP contribution in [-0.2, 0) is 0 Å². The van der Waals surface area contributed by atoms with Crippen LogP contribution in [0.1, 0.15) is 41.5 Å². The molecule has 0 unspecified atom stereocenters. The summed E-state index contributed by atoms with van der Waals surface area (Å²) in [4.78, 5) is 0. The van der Waals surface area contributed by atoms with Crippen molar-refractivity contribution in [1.29, 1.82) is 0 Å².